The Morgan fingerprint density at radius 1 is 1.40 bits per heavy atom. The van der Waals surface area contributed by atoms with Crippen LogP contribution in [0, 0.1) is 5.82 Å². The highest BCUT2D eigenvalue weighted by Gasteiger charge is 2.21. The van der Waals surface area contributed by atoms with Crippen LogP contribution in [0.2, 0.25) is 0 Å². The first-order valence-electron chi connectivity index (χ1n) is 6.41. The van der Waals surface area contributed by atoms with E-state index >= 15 is 0 Å². The fraction of sp³-hybridized carbons (Fsp3) is 0.385. The predicted molar refractivity (Wildman–Crippen MR) is 70.4 cm³/mol. The summed E-state index contributed by atoms with van der Waals surface area (Å²) in [5.41, 5.74) is 0.231. The van der Waals surface area contributed by atoms with Gasteiger partial charge in [0.05, 0.1) is 19.3 Å². The molecule has 1 aromatic carbocycles. The molecule has 2 aromatic rings. The summed E-state index contributed by atoms with van der Waals surface area (Å²) >= 11 is 0. The van der Waals surface area contributed by atoms with Gasteiger partial charge in [0.15, 0.2) is 0 Å². The number of nitrogens with zero attached hydrogens (tertiary/aromatic N) is 2. The summed E-state index contributed by atoms with van der Waals surface area (Å²) in [6, 6.07) is 5.10. The van der Waals surface area contributed by atoms with Crippen LogP contribution in [-0.4, -0.2) is 23.3 Å². The third-order valence-corrected chi connectivity index (χ3v) is 3.00. The second kappa shape index (κ2) is 5.46. The lowest BCUT2D eigenvalue weighted by Crippen LogP contribution is -2.15. The van der Waals surface area contributed by atoms with Crippen molar-refractivity contribution >= 4 is 11.7 Å². The molecule has 0 aliphatic heterocycles. The molecule has 2 N–H and O–H groups in total. The number of nitrogens with one attached hydrogen (secondary N) is 2. The summed E-state index contributed by atoms with van der Waals surface area (Å²) in [7, 11) is 1.52. The fourth-order valence-electron chi connectivity index (χ4n) is 1.74. The zero-order valence-corrected chi connectivity index (χ0v) is 11.0. The molecule has 20 heavy (non-hydrogen) atoms. The molecule has 3 rings (SSSR count). The molecule has 1 aliphatic rings. The van der Waals surface area contributed by atoms with Gasteiger partial charge < -0.3 is 19.8 Å². The molecular weight excluding hydrogens is 263 g/mol. The molecule has 1 aromatic heterocycles. The smallest absolute Gasteiger partial charge is 0.320 e. The van der Waals surface area contributed by atoms with Gasteiger partial charge in [-0.2, -0.15) is 0 Å². The van der Waals surface area contributed by atoms with Crippen molar-refractivity contribution in [2.45, 2.75) is 25.4 Å². The largest absolute Gasteiger partial charge is 0.497 e. The van der Waals surface area contributed by atoms with E-state index in [2.05, 4.69) is 20.8 Å². The minimum atomic E-state index is -0.415. The molecule has 0 radical (unpaired) electrons. The molecule has 0 bridgehead atoms. The maximum absolute atomic E-state index is 13.6. The number of hydrogen-bond acceptors (Lipinski definition) is 6. The summed E-state index contributed by atoms with van der Waals surface area (Å²) in [5, 5.41) is 13.7. The second-order valence-corrected chi connectivity index (χ2v) is 4.63. The van der Waals surface area contributed by atoms with Crippen LogP contribution in [0.4, 0.5) is 16.1 Å². The highest BCUT2D eigenvalue weighted by atomic mass is 19.1. The van der Waals surface area contributed by atoms with Gasteiger partial charge in [-0.1, -0.05) is 5.10 Å². The van der Waals surface area contributed by atoms with Crippen molar-refractivity contribution in [3.8, 4) is 5.75 Å². The third kappa shape index (κ3) is 3.05. The van der Waals surface area contributed by atoms with E-state index in [-0.39, 0.29) is 11.7 Å². The van der Waals surface area contributed by atoms with Crippen molar-refractivity contribution in [2.75, 3.05) is 12.4 Å². The number of hydrogen-bond donors (Lipinski definition) is 2. The Labute approximate surface area is 115 Å². The van der Waals surface area contributed by atoms with Crippen LogP contribution in [0.15, 0.2) is 22.6 Å². The summed E-state index contributed by atoms with van der Waals surface area (Å²) in [6.45, 7) is 0.528. The van der Waals surface area contributed by atoms with E-state index in [4.69, 9.17) is 9.15 Å². The minimum absolute atomic E-state index is 0.157. The number of anilines is 2. The molecule has 7 heteroatoms. The van der Waals surface area contributed by atoms with Crippen LogP contribution >= 0.6 is 0 Å². The summed E-state index contributed by atoms with van der Waals surface area (Å²) in [6.07, 6.45) is 2.38. The third-order valence-electron chi connectivity index (χ3n) is 3.00. The summed E-state index contributed by atoms with van der Waals surface area (Å²) in [5.74, 6) is 0.605. The Kier molecular flexibility index (Phi) is 3.51. The number of methoxy groups -OCH3 is 1. The van der Waals surface area contributed by atoms with Crippen molar-refractivity contribution in [3.05, 3.63) is 29.9 Å². The molecule has 6 nitrogen and oxygen atoms in total. The predicted octanol–water partition coefficient (Wildman–Crippen LogP) is 2.21. The normalized spacial score (nSPS) is 14.3. The average Bonchev–Trinajstić information content (AvgIpc) is 3.19. The van der Waals surface area contributed by atoms with Crippen molar-refractivity contribution in [2.24, 2.45) is 0 Å². The lowest BCUT2D eigenvalue weighted by molar-refractivity contribution is 0.414. The lowest BCUT2D eigenvalue weighted by atomic mass is 10.3. The molecule has 106 valence electrons. The van der Waals surface area contributed by atoms with Crippen LogP contribution in [0.25, 0.3) is 0 Å². The van der Waals surface area contributed by atoms with Gasteiger partial charge in [-0.25, -0.2) is 4.39 Å². The number of aromatic nitrogens is 2. The Balaban J connectivity index is 1.67. The first-order valence-corrected chi connectivity index (χ1v) is 6.41. The Morgan fingerprint density at radius 2 is 2.25 bits per heavy atom. The SMILES string of the molecule is COc1ccc(F)c(Nc2nnc(CNC3CC3)o2)c1. The summed E-state index contributed by atoms with van der Waals surface area (Å²) < 4.78 is 24.1. The van der Waals surface area contributed by atoms with Crippen LogP contribution in [0.3, 0.4) is 0 Å². The monoisotopic (exact) mass is 278 g/mol. The van der Waals surface area contributed by atoms with E-state index < -0.39 is 5.82 Å². The standard InChI is InChI=1S/C13H15FN4O2/c1-19-9-4-5-10(14)11(6-9)16-13-18-17-12(20-13)7-15-8-2-3-8/h4-6,8,15H,2-3,7H2,1H3,(H,16,18). The maximum Gasteiger partial charge on any atom is 0.320 e. The molecule has 0 atom stereocenters. The highest BCUT2D eigenvalue weighted by Crippen LogP contribution is 2.24. The van der Waals surface area contributed by atoms with E-state index in [0.29, 0.717) is 24.2 Å². The van der Waals surface area contributed by atoms with Crippen molar-refractivity contribution < 1.29 is 13.5 Å². The molecule has 0 saturated heterocycles. The first kappa shape index (κ1) is 12.9. The summed E-state index contributed by atoms with van der Waals surface area (Å²) in [4.78, 5) is 0. The fourth-order valence-corrected chi connectivity index (χ4v) is 1.74. The molecule has 1 saturated carbocycles. The van der Waals surface area contributed by atoms with Gasteiger partial charge in [0.25, 0.3) is 0 Å². The minimum Gasteiger partial charge on any atom is -0.497 e. The Morgan fingerprint density at radius 3 is 3.00 bits per heavy atom. The number of halogens is 1. The maximum atomic E-state index is 13.6. The topological polar surface area (TPSA) is 72.2 Å². The lowest BCUT2D eigenvalue weighted by Gasteiger charge is -2.05. The van der Waals surface area contributed by atoms with Crippen LogP contribution in [0.1, 0.15) is 18.7 Å². The van der Waals surface area contributed by atoms with Gasteiger partial charge in [-0.05, 0) is 25.0 Å². The van der Waals surface area contributed by atoms with Crippen LogP contribution < -0.4 is 15.4 Å². The van der Waals surface area contributed by atoms with E-state index in [1.54, 1.807) is 6.07 Å². The molecule has 0 unspecified atom stereocenters. The average molecular weight is 278 g/mol. The highest BCUT2D eigenvalue weighted by molar-refractivity contribution is 5.55. The van der Waals surface area contributed by atoms with Crippen LogP contribution in [-0.2, 0) is 6.54 Å². The van der Waals surface area contributed by atoms with Gasteiger partial charge in [0.2, 0.25) is 5.89 Å². The van der Waals surface area contributed by atoms with Crippen molar-refractivity contribution in [3.63, 3.8) is 0 Å². The number of rotatable bonds is 6. The van der Waals surface area contributed by atoms with E-state index in [0.717, 1.165) is 0 Å². The van der Waals surface area contributed by atoms with Gasteiger partial charge in [0, 0.05) is 12.1 Å². The quantitative estimate of drug-likeness (QED) is 0.844. The van der Waals surface area contributed by atoms with Crippen LogP contribution in [0.5, 0.6) is 5.75 Å². The number of benzene rings is 1. The number of ether oxygens (including phenoxy) is 1. The van der Waals surface area contributed by atoms with Gasteiger partial charge >= 0.3 is 6.01 Å². The Hall–Kier alpha value is -2.15. The zero-order chi connectivity index (χ0) is 13.9. The van der Waals surface area contributed by atoms with Gasteiger partial charge in [0.1, 0.15) is 11.6 Å². The van der Waals surface area contributed by atoms with Crippen molar-refractivity contribution in [1.29, 1.82) is 0 Å². The second-order valence-electron chi connectivity index (χ2n) is 4.63. The first-order chi connectivity index (χ1) is 9.74. The van der Waals surface area contributed by atoms with Gasteiger partial charge in [-0.3, -0.25) is 0 Å². The Bertz CT molecular complexity index is 598. The zero-order valence-electron chi connectivity index (χ0n) is 11.0. The van der Waals surface area contributed by atoms with E-state index in [1.807, 2.05) is 0 Å². The van der Waals surface area contributed by atoms with Crippen molar-refractivity contribution in [1.82, 2.24) is 15.5 Å². The molecule has 1 aliphatic carbocycles. The molecule has 0 amide bonds. The van der Waals surface area contributed by atoms with Gasteiger partial charge in [-0.15, -0.1) is 5.10 Å². The molecule has 0 spiro atoms. The van der Waals surface area contributed by atoms with E-state index in [1.165, 1.54) is 32.1 Å². The molecule has 1 heterocycles. The molecule has 1 fully saturated rings. The molecular formula is C13H15FN4O2. The van der Waals surface area contributed by atoms with E-state index in [9.17, 15) is 4.39 Å².